The molecule has 0 unspecified atom stereocenters. The summed E-state index contributed by atoms with van der Waals surface area (Å²) < 4.78 is 17.5. The van der Waals surface area contributed by atoms with Crippen molar-refractivity contribution in [3.05, 3.63) is 42.2 Å². The zero-order valence-electron chi connectivity index (χ0n) is 7.74. The summed E-state index contributed by atoms with van der Waals surface area (Å²) in [6, 6.07) is 9.21. The summed E-state index contributed by atoms with van der Waals surface area (Å²) in [4.78, 5) is 10.5. The molecule has 0 spiro atoms. The van der Waals surface area contributed by atoms with Gasteiger partial charge in [0.15, 0.2) is 0 Å². The van der Waals surface area contributed by atoms with Gasteiger partial charge in [-0.1, -0.05) is 12.1 Å². The molecule has 0 radical (unpaired) electrons. The fraction of sp³-hybridized carbons (Fsp3) is 0. The molecular formula is C11H8FNO2. The average Bonchev–Trinajstić information content (AvgIpc) is 2.17. The second kappa shape index (κ2) is 3.57. The summed E-state index contributed by atoms with van der Waals surface area (Å²) >= 11 is 0. The van der Waals surface area contributed by atoms with Crippen molar-refractivity contribution in [3.63, 3.8) is 0 Å². The first-order chi connectivity index (χ1) is 7.15. The molecule has 4 heteroatoms. The number of ether oxygens (including phenoxy) is 1. The van der Waals surface area contributed by atoms with E-state index in [2.05, 4.69) is 0 Å². The van der Waals surface area contributed by atoms with Crippen LogP contribution in [0.2, 0.25) is 0 Å². The normalized spacial score (nSPS) is 10.2. The third-order valence-electron chi connectivity index (χ3n) is 1.99. The highest BCUT2D eigenvalue weighted by atomic mass is 19.1. The summed E-state index contributed by atoms with van der Waals surface area (Å²) in [5.41, 5.74) is 4.87. The van der Waals surface area contributed by atoms with E-state index in [1.165, 1.54) is 12.1 Å². The van der Waals surface area contributed by atoms with Crippen LogP contribution in [0.3, 0.4) is 0 Å². The number of benzene rings is 2. The van der Waals surface area contributed by atoms with Crippen LogP contribution in [-0.2, 0) is 0 Å². The largest absolute Gasteiger partial charge is 0.410 e. The van der Waals surface area contributed by atoms with E-state index >= 15 is 0 Å². The van der Waals surface area contributed by atoms with Gasteiger partial charge >= 0.3 is 6.09 Å². The Morgan fingerprint density at radius 1 is 1.13 bits per heavy atom. The molecule has 0 aliphatic carbocycles. The van der Waals surface area contributed by atoms with Crippen LogP contribution in [0.15, 0.2) is 36.4 Å². The second-order valence-electron chi connectivity index (χ2n) is 3.07. The Balaban J connectivity index is 2.47. The lowest BCUT2D eigenvalue weighted by Crippen LogP contribution is -2.16. The SMILES string of the molecule is NC(=O)Oc1ccc2cc(F)ccc2c1. The monoisotopic (exact) mass is 205 g/mol. The summed E-state index contributed by atoms with van der Waals surface area (Å²) in [6.45, 7) is 0. The number of halogens is 1. The molecule has 0 aliphatic heterocycles. The Hall–Kier alpha value is -2.10. The van der Waals surface area contributed by atoms with Crippen LogP contribution in [0.5, 0.6) is 5.75 Å². The minimum atomic E-state index is -0.864. The predicted molar refractivity (Wildman–Crippen MR) is 54.1 cm³/mol. The maximum Gasteiger partial charge on any atom is 0.409 e. The summed E-state index contributed by atoms with van der Waals surface area (Å²) in [7, 11) is 0. The fourth-order valence-electron chi connectivity index (χ4n) is 1.37. The van der Waals surface area contributed by atoms with Crippen molar-refractivity contribution in [1.29, 1.82) is 0 Å². The molecule has 0 bridgehead atoms. The van der Waals surface area contributed by atoms with Crippen LogP contribution in [0.25, 0.3) is 10.8 Å². The topological polar surface area (TPSA) is 52.3 Å². The van der Waals surface area contributed by atoms with Gasteiger partial charge < -0.3 is 10.5 Å². The zero-order chi connectivity index (χ0) is 10.8. The van der Waals surface area contributed by atoms with E-state index in [4.69, 9.17) is 10.5 Å². The third-order valence-corrected chi connectivity index (χ3v) is 1.99. The van der Waals surface area contributed by atoms with Crippen LogP contribution >= 0.6 is 0 Å². The standard InChI is InChI=1S/C11H8FNO2/c12-9-3-1-8-6-10(15-11(13)14)4-2-7(8)5-9/h1-6H,(H2,13,14). The molecule has 2 N–H and O–H groups in total. The highest BCUT2D eigenvalue weighted by Gasteiger charge is 2.01. The van der Waals surface area contributed by atoms with Gasteiger partial charge in [0, 0.05) is 0 Å². The molecule has 0 aliphatic rings. The third kappa shape index (κ3) is 2.04. The first-order valence-corrected chi connectivity index (χ1v) is 4.32. The van der Waals surface area contributed by atoms with Crippen LogP contribution in [0.1, 0.15) is 0 Å². The summed E-state index contributed by atoms with van der Waals surface area (Å²) in [5, 5.41) is 1.53. The number of primary amides is 1. The number of hydrogen-bond donors (Lipinski definition) is 1. The Bertz CT molecular complexity index is 525. The Kier molecular flexibility index (Phi) is 2.25. The van der Waals surface area contributed by atoms with E-state index in [1.807, 2.05) is 0 Å². The van der Waals surface area contributed by atoms with Crippen LogP contribution in [-0.4, -0.2) is 6.09 Å². The van der Waals surface area contributed by atoms with E-state index in [0.29, 0.717) is 5.75 Å². The summed E-state index contributed by atoms with van der Waals surface area (Å²) in [6.07, 6.45) is -0.864. The average molecular weight is 205 g/mol. The molecule has 0 saturated carbocycles. The van der Waals surface area contributed by atoms with E-state index in [1.54, 1.807) is 24.3 Å². The van der Waals surface area contributed by atoms with Crippen LogP contribution in [0, 0.1) is 5.82 Å². The predicted octanol–water partition coefficient (Wildman–Crippen LogP) is 2.44. The fourth-order valence-corrected chi connectivity index (χ4v) is 1.37. The number of carbonyl (C=O) groups is 1. The molecule has 1 amide bonds. The van der Waals surface area contributed by atoms with Gasteiger partial charge in [-0.05, 0) is 35.0 Å². The molecule has 76 valence electrons. The van der Waals surface area contributed by atoms with Gasteiger partial charge in [0.25, 0.3) is 0 Å². The Morgan fingerprint density at radius 3 is 2.53 bits per heavy atom. The van der Waals surface area contributed by atoms with Crippen molar-refractivity contribution in [3.8, 4) is 5.75 Å². The quantitative estimate of drug-likeness (QED) is 0.777. The Labute approximate surface area is 85.3 Å². The molecule has 3 nitrogen and oxygen atoms in total. The van der Waals surface area contributed by atoms with Crippen molar-refractivity contribution < 1.29 is 13.9 Å². The van der Waals surface area contributed by atoms with Crippen LogP contribution < -0.4 is 10.5 Å². The molecule has 2 aromatic rings. The first-order valence-electron chi connectivity index (χ1n) is 4.32. The minimum absolute atomic E-state index is 0.300. The van der Waals surface area contributed by atoms with Gasteiger partial charge in [-0.3, -0.25) is 0 Å². The molecule has 0 saturated heterocycles. The van der Waals surface area contributed by atoms with Crippen molar-refractivity contribution >= 4 is 16.9 Å². The van der Waals surface area contributed by atoms with E-state index in [9.17, 15) is 9.18 Å². The summed E-state index contributed by atoms with van der Waals surface area (Å²) in [5.74, 6) is 0.0488. The lowest BCUT2D eigenvalue weighted by Gasteiger charge is -2.02. The van der Waals surface area contributed by atoms with E-state index in [-0.39, 0.29) is 5.82 Å². The van der Waals surface area contributed by atoms with Gasteiger partial charge in [0.1, 0.15) is 11.6 Å². The van der Waals surface area contributed by atoms with Crippen molar-refractivity contribution in [2.45, 2.75) is 0 Å². The number of rotatable bonds is 1. The number of carbonyl (C=O) groups excluding carboxylic acids is 1. The van der Waals surface area contributed by atoms with E-state index in [0.717, 1.165) is 10.8 Å². The minimum Gasteiger partial charge on any atom is -0.410 e. The highest BCUT2D eigenvalue weighted by Crippen LogP contribution is 2.21. The van der Waals surface area contributed by atoms with Crippen LogP contribution in [0.4, 0.5) is 9.18 Å². The molecule has 0 heterocycles. The molecule has 0 atom stereocenters. The zero-order valence-corrected chi connectivity index (χ0v) is 7.74. The molecule has 15 heavy (non-hydrogen) atoms. The smallest absolute Gasteiger partial charge is 0.409 e. The molecule has 2 aromatic carbocycles. The number of hydrogen-bond acceptors (Lipinski definition) is 2. The molecule has 2 rings (SSSR count). The van der Waals surface area contributed by atoms with Crippen molar-refractivity contribution in [2.75, 3.05) is 0 Å². The maximum atomic E-state index is 12.8. The number of nitrogens with two attached hydrogens (primary N) is 1. The van der Waals surface area contributed by atoms with Gasteiger partial charge in [0.05, 0.1) is 0 Å². The second-order valence-corrected chi connectivity index (χ2v) is 3.07. The first kappa shape index (κ1) is 9.45. The number of amides is 1. The highest BCUT2D eigenvalue weighted by molar-refractivity contribution is 5.84. The number of fused-ring (bicyclic) bond motifs is 1. The molecule has 0 aromatic heterocycles. The van der Waals surface area contributed by atoms with Gasteiger partial charge in [0.2, 0.25) is 0 Å². The molecule has 0 fully saturated rings. The lowest BCUT2D eigenvalue weighted by atomic mass is 10.1. The lowest BCUT2D eigenvalue weighted by molar-refractivity contribution is 0.211. The van der Waals surface area contributed by atoms with Crippen molar-refractivity contribution in [2.24, 2.45) is 5.73 Å². The van der Waals surface area contributed by atoms with Crippen molar-refractivity contribution in [1.82, 2.24) is 0 Å². The van der Waals surface area contributed by atoms with Gasteiger partial charge in [-0.15, -0.1) is 0 Å². The maximum absolute atomic E-state index is 12.8. The Morgan fingerprint density at radius 2 is 1.80 bits per heavy atom. The van der Waals surface area contributed by atoms with Gasteiger partial charge in [-0.2, -0.15) is 0 Å². The van der Waals surface area contributed by atoms with E-state index < -0.39 is 6.09 Å². The molecular weight excluding hydrogens is 197 g/mol. The van der Waals surface area contributed by atoms with Gasteiger partial charge in [-0.25, -0.2) is 9.18 Å².